The number of amides is 1. The van der Waals surface area contributed by atoms with Gasteiger partial charge < -0.3 is 14.8 Å². The van der Waals surface area contributed by atoms with Crippen LogP contribution < -0.4 is 14.8 Å². The van der Waals surface area contributed by atoms with Crippen LogP contribution in [-0.4, -0.2) is 41.4 Å². The van der Waals surface area contributed by atoms with E-state index >= 15 is 0 Å². The molecule has 9 heteroatoms. The number of rotatable bonds is 9. The van der Waals surface area contributed by atoms with E-state index in [4.69, 9.17) is 9.47 Å². The molecule has 0 saturated heterocycles. The molecule has 0 radical (unpaired) electrons. The molecule has 2 rings (SSSR count). The third-order valence-electron chi connectivity index (χ3n) is 3.97. The average Bonchev–Trinajstić information content (AvgIpc) is 3.12. The van der Waals surface area contributed by atoms with Crippen molar-refractivity contribution in [2.24, 2.45) is 0 Å². The zero-order chi connectivity index (χ0) is 19.1. The van der Waals surface area contributed by atoms with Gasteiger partial charge in [-0.15, -0.1) is 0 Å². The first-order valence-corrected chi connectivity index (χ1v) is 8.17. The lowest BCUT2D eigenvalue weighted by atomic mass is 10.1. The van der Waals surface area contributed by atoms with Crippen LogP contribution in [0.25, 0.3) is 0 Å². The Bertz CT molecular complexity index is 774. The predicted octanol–water partition coefficient (Wildman–Crippen LogP) is 2.12. The van der Waals surface area contributed by atoms with E-state index in [2.05, 4.69) is 10.4 Å². The molecular formula is C17H22N4O5. The number of ether oxygens (including phenoxy) is 2. The van der Waals surface area contributed by atoms with Crippen molar-refractivity contribution in [3.63, 3.8) is 0 Å². The molecule has 1 amide bonds. The summed E-state index contributed by atoms with van der Waals surface area (Å²) in [4.78, 5) is 22.6. The van der Waals surface area contributed by atoms with Crippen LogP contribution in [0.4, 0.5) is 5.69 Å². The quantitative estimate of drug-likeness (QED) is 0.541. The van der Waals surface area contributed by atoms with E-state index in [1.165, 1.54) is 10.9 Å². The Morgan fingerprint density at radius 2 is 2.08 bits per heavy atom. The summed E-state index contributed by atoms with van der Waals surface area (Å²) in [5.41, 5.74) is 0.854. The van der Waals surface area contributed by atoms with E-state index in [9.17, 15) is 14.9 Å². The number of aromatic nitrogens is 2. The normalized spacial score (nSPS) is 11.7. The lowest BCUT2D eigenvalue weighted by Gasteiger charge is -2.15. The molecule has 0 spiro atoms. The van der Waals surface area contributed by atoms with E-state index in [0.29, 0.717) is 30.9 Å². The number of hydrogen-bond donors (Lipinski definition) is 1. The maximum atomic E-state index is 12.4. The van der Waals surface area contributed by atoms with E-state index in [-0.39, 0.29) is 11.6 Å². The van der Waals surface area contributed by atoms with Crippen molar-refractivity contribution in [1.29, 1.82) is 0 Å². The number of carbonyl (C=O) groups excluding carboxylic acids is 1. The van der Waals surface area contributed by atoms with Gasteiger partial charge in [0.1, 0.15) is 18.4 Å². The van der Waals surface area contributed by atoms with Crippen LogP contribution in [0.2, 0.25) is 0 Å². The highest BCUT2D eigenvalue weighted by atomic mass is 16.6. The molecule has 9 nitrogen and oxygen atoms in total. The SMILES string of the molecule is CCC(C(=O)NCCc1ccc(OC)c(OC)c1)n1cc([N+](=O)[O-])cn1. The average molecular weight is 362 g/mol. The fourth-order valence-electron chi connectivity index (χ4n) is 2.57. The molecule has 0 fully saturated rings. The van der Waals surface area contributed by atoms with E-state index in [1.54, 1.807) is 14.2 Å². The summed E-state index contributed by atoms with van der Waals surface area (Å²) in [6, 6.07) is 4.99. The summed E-state index contributed by atoms with van der Waals surface area (Å²) in [6.45, 7) is 2.25. The Kier molecular flexibility index (Phi) is 6.54. The summed E-state index contributed by atoms with van der Waals surface area (Å²) in [7, 11) is 3.14. The van der Waals surface area contributed by atoms with Crippen molar-refractivity contribution in [2.75, 3.05) is 20.8 Å². The largest absolute Gasteiger partial charge is 0.493 e. The van der Waals surface area contributed by atoms with E-state index in [1.807, 2.05) is 25.1 Å². The summed E-state index contributed by atoms with van der Waals surface area (Å²) < 4.78 is 11.8. The minimum atomic E-state index is -0.589. The molecule has 1 unspecified atom stereocenters. The van der Waals surface area contributed by atoms with Crippen LogP contribution >= 0.6 is 0 Å². The van der Waals surface area contributed by atoms with Crippen molar-refractivity contribution in [3.8, 4) is 11.5 Å². The van der Waals surface area contributed by atoms with Gasteiger partial charge in [0.25, 0.3) is 0 Å². The summed E-state index contributed by atoms with van der Waals surface area (Å²) in [5, 5.41) is 17.5. The number of hydrogen-bond acceptors (Lipinski definition) is 6. The summed E-state index contributed by atoms with van der Waals surface area (Å²) in [5.74, 6) is 1.05. The molecule has 1 aromatic heterocycles. The predicted molar refractivity (Wildman–Crippen MR) is 94.5 cm³/mol. The maximum absolute atomic E-state index is 12.4. The number of benzene rings is 1. The van der Waals surface area contributed by atoms with Crippen LogP contribution in [0.5, 0.6) is 11.5 Å². The molecular weight excluding hydrogens is 340 g/mol. The third-order valence-corrected chi connectivity index (χ3v) is 3.97. The lowest BCUT2D eigenvalue weighted by Crippen LogP contribution is -2.33. The molecule has 0 saturated carbocycles. The van der Waals surface area contributed by atoms with Gasteiger partial charge in [0.15, 0.2) is 11.5 Å². The Morgan fingerprint density at radius 1 is 1.35 bits per heavy atom. The second-order valence-corrected chi connectivity index (χ2v) is 5.59. The van der Waals surface area contributed by atoms with Crippen LogP contribution in [0.15, 0.2) is 30.6 Å². The smallest absolute Gasteiger partial charge is 0.307 e. The van der Waals surface area contributed by atoms with Crippen molar-refractivity contribution in [3.05, 3.63) is 46.3 Å². The summed E-state index contributed by atoms with van der Waals surface area (Å²) >= 11 is 0. The van der Waals surface area contributed by atoms with Crippen molar-refractivity contribution >= 4 is 11.6 Å². The van der Waals surface area contributed by atoms with Crippen LogP contribution in [-0.2, 0) is 11.2 Å². The number of nitrogens with one attached hydrogen (secondary N) is 1. The zero-order valence-corrected chi connectivity index (χ0v) is 15.0. The summed E-state index contributed by atoms with van der Waals surface area (Å²) in [6.07, 6.45) is 3.49. The van der Waals surface area contributed by atoms with Crippen LogP contribution in [0, 0.1) is 10.1 Å². The monoisotopic (exact) mass is 362 g/mol. The molecule has 0 aliphatic heterocycles. The molecule has 1 atom stereocenters. The van der Waals surface area contributed by atoms with Gasteiger partial charge in [-0.25, -0.2) is 0 Å². The van der Waals surface area contributed by atoms with Gasteiger partial charge in [-0.3, -0.25) is 19.6 Å². The van der Waals surface area contributed by atoms with Gasteiger partial charge in [0.2, 0.25) is 5.91 Å². The first-order valence-electron chi connectivity index (χ1n) is 8.17. The first-order chi connectivity index (χ1) is 12.5. The Balaban J connectivity index is 1.95. The van der Waals surface area contributed by atoms with Crippen LogP contribution in [0.3, 0.4) is 0 Å². The van der Waals surface area contributed by atoms with Gasteiger partial charge in [-0.05, 0) is 30.5 Å². The number of methoxy groups -OCH3 is 2. The van der Waals surface area contributed by atoms with Crippen molar-refractivity contribution < 1.29 is 19.2 Å². The minimum Gasteiger partial charge on any atom is -0.493 e. The minimum absolute atomic E-state index is 0.137. The molecule has 26 heavy (non-hydrogen) atoms. The number of nitrogens with zero attached hydrogens (tertiary/aromatic N) is 3. The van der Waals surface area contributed by atoms with Gasteiger partial charge in [-0.2, -0.15) is 5.10 Å². The fourth-order valence-corrected chi connectivity index (χ4v) is 2.57. The lowest BCUT2D eigenvalue weighted by molar-refractivity contribution is -0.385. The highest BCUT2D eigenvalue weighted by Gasteiger charge is 2.21. The van der Waals surface area contributed by atoms with Gasteiger partial charge >= 0.3 is 5.69 Å². The molecule has 140 valence electrons. The molecule has 0 aliphatic rings. The van der Waals surface area contributed by atoms with Crippen molar-refractivity contribution in [1.82, 2.24) is 15.1 Å². The molecule has 1 aromatic carbocycles. The second-order valence-electron chi connectivity index (χ2n) is 5.59. The highest BCUT2D eigenvalue weighted by molar-refractivity contribution is 5.80. The Morgan fingerprint density at radius 3 is 2.65 bits per heavy atom. The Labute approximate surface area is 151 Å². The third kappa shape index (κ3) is 4.50. The van der Waals surface area contributed by atoms with E-state index < -0.39 is 11.0 Å². The maximum Gasteiger partial charge on any atom is 0.307 e. The highest BCUT2D eigenvalue weighted by Crippen LogP contribution is 2.27. The topological polar surface area (TPSA) is 109 Å². The van der Waals surface area contributed by atoms with Gasteiger partial charge in [0, 0.05) is 6.54 Å². The molecule has 1 N–H and O–H groups in total. The Hall–Kier alpha value is -3.10. The van der Waals surface area contributed by atoms with Gasteiger partial charge in [0.05, 0.1) is 19.1 Å². The number of nitro groups is 1. The van der Waals surface area contributed by atoms with E-state index in [0.717, 1.165) is 11.8 Å². The fraction of sp³-hybridized carbons (Fsp3) is 0.412. The molecule has 0 aliphatic carbocycles. The first kappa shape index (κ1) is 19.2. The van der Waals surface area contributed by atoms with Crippen LogP contribution in [0.1, 0.15) is 24.9 Å². The second kappa shape index (κ2) is 8.84. The number of carbonyl (C=O) groups is 1. The zero-order valence-electron chi connectivity index (χ0n) is 15.0. The molecule has 2 aromatic rings. The molecule has 0 bridgehead atoms. The standard InChI is InChI=1S/C17H22N4O5/c1-4-14(20-11-13(10-19-20)21(23)24)17(22)18-8-7-12-5-6-15(25-2)16(9-12)26-3/h5-6,9-11,14H,4,7-8H2,1-3H3,(H,18,22). The van der Waals surface area contributed by atoms with Gasteiger partial charge in [-0.1, -0.05) is 13.0 Å². The van der Waals surface area contributed by atoms with Crippen molar-refractivity contribution in [2.45, 2.75) is 25.8 Å². The molecule has 1 heterocycles.